The smallest absolute Gasteiger partial charge is 0.212 e. The molecule has 2 aromatic heterocycles. The molecule has 6 heteroatoms. The number of H-pyrrole nitrogens is 1. The fourth-order valence-corrected chi connectivity index (χ4v) is 2.47. The summed E-state index contributed by atoms with van der Waals surface area (Å²) in [5, 5.41) is 0. The molecule has 1 aromatic carbocycles. The van der Waals surface area contributed by atoms with Gasteiger partial charge in [-0.15, -0.1) is 0 Å². The predicted molar refractivity (Wildman–Crippen MR) is 70.8 cm³/mol. The highest BCUT2D eigenvalue weighted by Crippen LogP contribution is 2.34. The van der Waals surface area contributed by atoms with Gasteiger partial charge in [-0.3, -0.25) is 4.40 Å². The van der Waals surface area contributed by atoms with Crippen molar-refractivity contribution in [1.29, 1.82) is 0 Å². The van der Waals surface area contributed by atoms with Gasteiger partial charge in [0.05, 0.1) is 11.0 Å². The third-order valence-corrected chi connectivity index (χ3v) is 3.32. The van der Waals surface area contributed by atoms with E-state index in [1.54, 1.807) is 0 Å². The first-order valence-electron chi connectivity index (χ1n) is 6.34. The minimum atomic E-state index is 0.588. The van der Waals surface area contributed by atoms with Gasteiger partial charge in [0.25, 0.3) is 0 Å². The van der Waals surface area contributed by atoms with Gasteiger partial charge in [-0.25, -0.2) is 4.98 Å². The molecule has 0 atom stereocenters. The highest BCUT2D eigenvalue weighted by molar-refractivity contribution is 5.83. The number of nitrogens with two attached hydrogens (primary N) is 1. The summed E-state index contributed by atoms with van der Waals surface area (Å²) in [7, 11) is 0. The number of imidazole rings is 2. The molecule has 0 saturated heterocycles. The number of aromatic nitrogens is 3. The Labute approximate surface area is 109 Å². The fourth-order valence-electron chi connectivity index (χ4n) is 2.47. The first-order valence-corrected chi connectivity index (χ1v) is 6.34. The topological polar surface area (TPSA) is 77.6 Å². The van der Waals surface area contributed by atoms with Crippen LogP contribution < -0.4 is 15.2 Å². The summed E-state index contributed by atoms with van der Waals surface area (Å²) in [5.74, 6) is 2.37. The first-order chi connectivity index (χ1) is 9.35. The zero-order valence-corrected chi connectivity index (χ0v) is 10.3. The number of fused-ring (bicyclic) bond motifs is 4. The Balaban J connectivity index is 1.93. The van der Waals surface area contributed by atoms with E-state index in [9.17, 15) is 0 Å². The minimum absolute atomic E-state index is 0.588. The molecule has 1 aliphatic rings. The van der Waals surface area contributed by atoms with Gasteiger partial charge in [0.15, 0.2) is 11.5 Å². The Morgan fingerprint density at radius 1 is 1.26 bits per heavy atom. The molecule has 3 N–H and O–H groups in total. The van der Waals surface area contributed by atoms with Crippen LogP contribution in [0.5, 0.6) is 11.5 Å². The van der Waals surface area contributed by atoms with Crippen LogP contribution >= 0.6 is 0 Å². The van der Waals surface area contributed by atoms with Crippen LogP contribution in [0, 0.1) is 0 Å². The SMILES string of the molecule is NCCc1cn2c(nc3cc4c(cc32)OCCO4)[nH]1. The lowest BCUT2D eigenvalue weighted by Gasteiger charge is -2.17. The number of rotatable bonds is 2. The van der Waals surface area contributed by atoms with Crippen molar-refractivity contribution in [2.75, 3.05) is 19.8 Å². The van der Waals surface area contributed by atoms with Crippen molar-refractivity contribution in [3.63, 3.8) is 0 Å². The number of hydrogen-bond donors (Lipinski definition) is 2. The van der Waals surface area contributed by atoms with Gasteiger partial charge in [0.1, 0.15) is 13.2 Å². The molecule has 0 aliphatic carbocycles. The maximum atomic E-state index is 5.61. The standard InChI is InChI=1S/C13H14N4O2/c14-2-1-8-7-17-10-6-12-11(18-3-4-19-12)5-9(10)16-13(17)15-8/h5-7H,1-4,14H2,(H,15,16). The highest BCUT2D eigenvalue weighted by atomic mass is 16.6. The van der Waals surface area contributed by atoms with Crippen LogP contribution in [0.1, 0.15) is 5.69 Å². The molecule has 98 valence electrons. The van der Waals surface area contributed by atoms with Gasteiger partial charge in [0, 0.05) is 30.4 Å². The van der Waals surface area contributed by atoms with Crippen molar-refractivity contribution >= 4 is 16.8 Å². The average Bonchev–Trinajstić information content (AvgIpc) is 2.94. The Hall–Kier alpha value is -2.21. The van der Waals surface area contributed by atoms with Gasteiger partial charge in [-0.2, -0.15) is 0 Å². The molecule has 3 heterocycles. The van der Waals surface area contributed by atoms with E-state index in [4.69, 9.17) is 15.2 Å². The molecule has 0 bridgehead atoms. The van der Waals surface area contributed by atoms with Gasteiger partial charge < -0.3 is 20.2 Å². The minimum Gasteiger partial charge on any atom is -0.486 e. The van der Waals surface area contributed by atoms with Crippen molar-refractivity contribution in [2.24, 2.45) is 5.73 Å². The van der Waals surface area contributed by atoms with E-state index in [1.165, 1.54) is 0 Å². The molecule has 6 nitrogen and oxygen atoms in total. The van der Waals surface area contributed by atoms with Crippen molar-refractivity contribution in [3.8, 4) is 11.5 Å². The van der Waals surface area contributed by atoms with Crippen LogP contribution in [0.2, 0.25) is 0 Å². The molecule has 3 aromatic rings. The maximum absolute atomic E-state index is 5.61. The Bertz CT molecular complexity index is 759. The first kappa shape index (κ1) is 10.7. The molecular formula is C13H14N4O2. The second-order valence-corrected chi connectivity index (χ2v) is 4.61. The second-order valence-electron chi connectivity index (χ2n) is 4.61. The highest BCUT2D eigenvalue weighted by Gasteiger charge is 2.16. The monoisotopic (exact) mass is 258 g/mol. The van der Waals surface area contributed by atoms with E-state index in [0.29, 0.717) is 19.8 Å². The van der Waals surface area contributed by atoms with Gasteiger partial charge in [-0.05, 0) is 6.54 Å². The van der Waals surface area contributed by atoms with Gasteiger partial charge in [-0.1, -0.05) is 0 Å². The average molecular weight is 258 g/mol. The molecule has 19 heavy (non-hydrogen) atoms. The second kappa shape index (κ2) is 3.89. The number of benzene rings is 1. The van der Waals surface area contributed by atoms with Crippen LogP contribution in [-0.4, -0.2) is 34.1 Å². The Morgan fingerprint density at radius 2 is 2.05 bits per heavy atom. The van der Waals surface area contributed by atoms with Crippen molar-refractivity contribution in [1.82, 2.24) is 14.4 Å². The molecule has 1 aliphatic heterocycles. The van der Waals surface area contributed by atoms with Crippen molar-refractivity contribution in [2.45, 2.75) is 6.42 Å². The third kappa shape index (κ3) is 1.57. The van der Waals surface area contributed by atoms with E-state index < -0.39 is 0 Å². The maximum Gasteiger partial charge on any atom is 0.212 e. The van der Waals surface area contributed by atoms with E-state index >= 15 is 0 Å². The molecule has 0 radical (unpaired) electrons. The molecular weight excluding hydrogens is 244 g/mol. The van der Waals surface area contributed by atoms with Gasteiger partial charge in [0.2, 0.25) is 5.78 Å². The van der Waals surface area contributed by atoms with Crippen LogP contribution in [0.4, 0.5) is 0 Å². The zero-order valence-electron chi connectivity index (χ0n) is 10.3. The molecule has 0 unspecified atom stereocenters. The van der Waals surface area contributed by atoms with Crippen LogP contribution in [0.15, 0.2) is 18.3 Å². The summed E-state index contributed by atoms with van der Waals surface area (Å²) in [4.78, 5) is 7.82. The molecule has 4 rings (SSSR count). The fraction of sp³-hybridized carbons (Fsp3) is 0.308. The lowest BCUT2D eigenvalue weighted by Crippen LogP contribution is -2.15. The number of nitrogens with one attached hydrogen (secondary N) is 1. The normalized spacial score (nSPS) is 14.4. The van der Waals surface area contributed by atoms with E-state index in [1.807, 2.05) is 22.7 Å². The van der Waals surface area contributed by atoms with Crippen molar-refractivity contribution in [3.05, 3.63) is 24.0 Å². The number of ether oxygens (including phenoxy) is 2. The summed E-state index contributed by atoms with van der Waals surface area (Å²) in [6.45, 7) is 1.80. The van der Waals surface area contributed by atoms with Crippen molar-refractivity contribution < 1.29 is 9.47 Å². The van der Waals surface area contributed by atoms with Crippen LogP contribution in [-0.2, 0) is 6.42 Å². The van der Waals surface area contributed by atoms with E-state index in [2.05, 4.69) is 9.97 Å². The zero-order chi connectivity index (χ0) is 12.8. The lowest BCUT2D eigenvalue weighted by atomic mass is 10.2. The third-order valence-electron chi connectivity index (χ3n) is 3.32. The largest absolute Gasteiger partial charge is 0.486 e. The molecule has 0 spiro atoms. The summed E-state index contributed by atoms with van der Waals surface area (Å²) in [6.07, 6.45) is 2.85. The summed E-state index contributed by atoms with van der Waals surface area (Å²) in [5.41, 5.74) is 8.56. The summed E-state index contributed by atoms with van der Waals surface area (Å²) in [6, 6.07) is 3.90. The molecule has 0 fully saturated rings. The molecule has 0 saturated carbocycles. The summed E-state index contributed by atoms with van der Waals surface area (Å²) < 4.78 is 13.2. The predicted octanol–water partition coefficient (Wildman–Crippen LogP) is 1.09. The molecule has 0 amide bonds. The Kier molecular flexibility index (Phi) is 2.19. The Morgan fingerprint density at radius 3 is 2.84 bits per heavy atom. The lowest BCUT2D eigenvalue weighted by molar-refractivity contribution is 0.172. The number of aromatic amines is 1. The van der Waals surface area contributed by atoms with Gasteiger partial charge >= 0.3 is 0 Å². The van der Waals surface area contributed by atoms with Crippen LogP contribution in [0.3, 0.4) is 0 Å². The number of nitrogens with zero attached hydrogens (tertiary/aromatic N) is 2. The summed E-state index contributed by atoms with van der Waals surface area (Å²) >= 11 is 0. The van der Waals surface area contributed by atoms with E-state index in [-0.39, 0.29) is 0 Å². The quantitative estimate of drug-likeness (QED) is 0.721. The number of hydrogen-bond acceptors (Lipinski definition) is 4. The van der Waals surface area contributed by atoms with E-state index in [0.717, 1.165) is 40.4 Å². The van der Waals surface area contributed by atoms with Crippen LogP contribution in [0.25, 0.3) is 16.8 Å².